The smallest absolute Gasteiger partial charge is 0.224 e. The molecule has 0 bridgehead atoms. The summed E-state index contributed by atoms with van der Waals surface area (Å²) in [5, 5.41) is 5.81. The van der Waals surface area contributed by atoms with E-state index in [1.165, 1.54) is 0 Å². The first-order valence-electron chi connectivity index (χ1n) is 6.76. The van der Waals surface area contributed by atoms with E-state index in [0.29, 0.717) is 25.9 Å². The molecule has 0 saturated carbocycles. The second-order valence-electron chi connectivity index (χ2n) is 4.42. The minimum Gasteiger partial charge on any atom is -0.356 e. The van der Waals surface area contributed by atoms with E-state index in [1.54, 1.807) is 0 Å². The van der Waals surface area contributed by atoms with Crippen molar-refractivity contribution in [1.82, 2.24) is 15.5 Å². The predicted molar refractivity (Wildman–Crippen MR) is 73.3 cm³/mol. The molecule has 0 rings (SSSR count). The Balaban J connectivity index is 3.73. The zero-order valence-electron chi connectivity index (χ0n) is 12.1. The average Bonchev–Trinajstić information content (AvgIpc) is 2.36. The van der Waals surface area contributed by atoms with Gasteiger partial charge in [0, 0.05) is 38.5 Å². The van der Waals surface area contributed by atoms with Crippen LogP contribution in [0.25, 0.3) is 0 Å². The van der Waals surface area contributed by atoms with Crippen molar-refractivity contribution in [3.05, 3.63) is 0 Å². The SMILES string of the molecule is CCN(CC)C(=O)CCCNC(=O)C(C)CNC. The molecule has 0 fully saturated rings. The summed E-state index contributed by atoms with van der Waals surface area (Å²) in [6.07, 6.45) is 1.20. The van der Waals surface area contributed by atoms with Crippen LogP contribution >= 0.6 is 0 Å². The topological polar surface area (TPSA) is 61.4 Å². The van der Waals surface area contributed by atoms with Gasteiger partial charge in [0.25, 0.3) is 0 Å². The second kappa shape index (κ2) is 9.88. The Morgan fingerprint density at radius 1 is 1.22 bits per heavy atom. The summed E-state index contributed by atoms with van der Waals surface area (Å²) < 4.78 is 0. The molecular formula is C13H27N3O2. The monoisotopic (exact) mass is 257 g/mol. The molecular weight excluding hydrogens is 230 g/mol. The molecule has 1 unspecified atom stereocenters. The summed E-state index contributed by atoms with van der Waals surface area (Å²) in [4.78, 5) is 25.1. The van der Waals surface area contributed by atoms with Gasteiger partial charge in [-0.05, 0) is 27.3 Å². The van der Waals surface area contributed by atoms with Crippen LogP contribution < -0.4 is 10.6 Å². The molecule has 0 aliphatic rings. The Kier molecular flexibility index (Phi) is 9.28. The Labute approximate surface area is 110 Å². The zero-order valence-corrected chi connectivity index (χ0v) is 12.1. The highest BCUT2D eigenvalue weighted by Crippen LogP contribution is 1.98. The number of nitrogens with one attached hydrogen (secondary N) is 2. The minimum atomic E-state index is -0.0338. The van der Waals surface area contributed by atoms with Crippen molar-refractivity contribution in [2.75, 3.05) is 33.2 Å². The van der Waals surface area contributed by atoms with Crippen LogP contribution in [-0.4, -0.2) is 49.9 Å². The molecule has 5 nitrogen and oxygen atoms in total. The Morgan fingerprint density at radius 3 is 2.33 bits per heavy atom. The summed E-state index contributed by atoms with van der Waals surface area (Å²) >= 11 is 0. The van der Waals surface area contributed by atoms with Crippen LogP contribution in [0.3, 0.4) is 0 Å². The molecule has 18 heavy (non-hydrogen) atoms. The Bertz CT molecular complexity index is 253. The van der Waals surface area contributed by atoms with Gasteiger partial charge < -0.3 is 15.5 Å². The number of rotatable bonds is 9. The van der Waals surface area contributed by atoms with Gasteiger partial charge in [0.15, 0.2) is 0 Å². The Morgan fingerprint density at radius 2 is 1.83 bits per heavy atom. The van der Waals surface area contributed by atoms with Crippen molar-refractivity contribution in [1.29, 1.82) is 0 Å². The molecule has 2 amide bonds. The molecule has 2 N–H and O–H groups in total. The zero-order chi connectivity index (χ0) is 14.0. The predicted octanol–water partition coefficient (Wildman–Crippen LogP) is 0.607. The van der Waals surface area contributed by atoms with E-state index >= 15 is 0 Å². The molecule has 0 spiro atoms. The highest BCUT2D eigenvalue weighted by molar-refractivity contribution is 5.78. The highest BCUT2D eigenvalue weighted by atomic mass is 16.2. The first-order valence-corrected chi connectivity index (χ1v) is 6.76. The molecule has 0 saturated heterocycles. The molecule has 0 aromatic heterocycles. The molecule has 0 radical (unpaired) electrons. The maximum atomic E-state index is 11.7. The summed E-state index contributed by atoms with van der Waals surface area (Å²) in [7, 11) is 1.83. The van der Waals surface area contributed by atoms with E-state index in [0.717, 1.165) is 13.1 Å². The summed E-state index contributed by atoms with van der Waals surface area (Å²) in [5.41, 5.74) is 0. The lowest BCUT2D eigenvalue weighted by molar-refractivity contribution is -0.131. The van der Waals surface area contributed by atoms with Crippen molar-refractivity contribution in [2.45, 2.75) is 33.6 Å². The number of nitrogens with zero attached hydrogens (tertiary/aromatic N) is 1. The number of carbonyl (C=O) groups excluding carboxylic acids is 2. The quantitative estimate of drug-likeness (QED) is 0.595. The van der Waals surface area contributed by atoms with Crippen LogP contribution in [0.15, 0.2) is 0 Å². The Hall–Kier alpha value is -1.10. The third-order valence-electron chi connectivity index (χ3n) is 2.94. The molecule has 106 valence electrons. The van der Waals surface area contributed by atoms with Crippen molar-refractivity contribution in [3.63, 3.8) is 0 Å². The summed E-state index contributed by atoms with van der Waals surface area (Å²) in [5.74, 6) is 0.172. The molecule has 0 aromatic carbocycles. The van der Waals surface area contributed by atoms with E-state index < -0.39 is 0 Å². The number of amides is 2. The van der Waals surface area contributed by atoms with Crippen LogP contribution in [0, 0.1) is 5.92 Å². The van der Waals surface area contributed by atoms with Crippen LogP contribution in [0.5, 0.6) is 0 Å². The van der Waals surface area contributed by atoms with Crippen molar-refractivity contribution in [3.8, 4) is 0 Å². The van der Waals surface area contributed by atoms with E-state index in [9.17, 15) is 9.59 Å². The lowest BCUT2D eigenvalue weighted by atomic mass is 10.1. The molecule has 0 aliphatic heterocycles. The number of hydrogen-bond acceptors (Lipinski definition) is 3. The lowest BCUT2D eigenvalue weighted by Crippen LogP contribution is -2.35. The van der Waals surface area contributed by atoms with E-state index in [2.05, 4.69) is 10.6 Å². The van der Waals surface area contributed by atoms with Crippen molar-refractivity contribution >= 4 is 11.8 Å². The van der Waals surface area contributed by atoms with Gasteiger partial charge in [-0.3, -0.25) is 9.59 Å². The molecule has 0 aliphatic carbocycles. The van der Waals surface area contributed by atoms with Gasteiger partial charge in [0.2, 0.25) is 11.8 Å². The summed E-state index contributed by atoms with van der Waals surface area (Å²) in [6.45, 7) is 8.57. The largest absolute Gasteiger partial charge is 0.356 e. The fraction of sp³-hybridized carbons (Fsp3) is 0.846. The maximum Gasteiger partial charge on any atom is 0.224 e. The molecule has 0 aromatic rings. The minimum absolute atomic E-state index is 0.0338. The molecule has 0 heterocycles. The van der Waals surface area contributed by atoms with Gasteiger partial charge in [-0.15, -0.1) is 0 Å². The van der Waals surface area contributed by atoms with Gasteiger partial charge in [0.05, 0.1) is 0 Å². The van der Waals surface area contributed by atoms with E-state index in [1.807, 2.05) is 32.7 Å². The number of carbonyl (C=O) groups is 2. The fourth-order valence-corrected chi connectivity index (χ4v) is 1.76. The van der Waals surface area contributed by atoms with E-state index in [4.69, 9.17) is 0 Å². The lowest BCUT2D eigenvalue weighted by Gasteiger charge is -2.18. The highest BCUT2D eigenvalue weighted by Gasteiger charge is 2.12. The van der Waals surface area contributed by atoms with Crippen molar-refractivity contribution < 1.29 is 9.59 Å². The average molecular weight is 257 g/mol. The van der Waals surface area contributed by atoms with Gasteiger partial charge in [-0.2, -0.15) is 0 Å². The third-order valence-corrected chi connectivity index (χ3v) is 2.94. The number of hydrogen-bond donors (Lipinski definition) is 2. The van der Waals surface area contributed by atoms with Gasteiger partial charge in [-0.1, -0.05) is 6.92 Å². The van der Waals surface area contributed by atoms with Crippen LogP contribution in [0.2, 0.25) is 0 Å². The van der Waals surface area contributed by atoms with Gasteiger partial charge in [-0.25, -0.2) is 0 Å². The first kappa shape index (κ1) is 16.9. The summed E-state index contributed by atoms with van der Waals surface area (Å²) in [6, 6.07) is 0. The van der Waals surface area contributed by atoms with Crippen LogP contribution in [-0.2, 0) is 9.59 Å². The first-order chi connectivity index (χ1) is 8.56. The van der Waals surface area contributed by atoms with Crippen molar-refractivity contribution in [2.24, 2.45) is 5.92 Å². The molecule has 5 heteroatoms. The van der Waals surface area contributed by atoms with Gasteiger partial charge >= 0.3 is 0 Å². The maximum absolute atomic E-state index is 11.7. The van der Waals surface area contributed by atoms with E-state index in [-0.39, 0.29) is 17.7 Å². The fourth-order valence-electron chi connectivity index (χ4n) is 1.76. The molecule has 1 atom stereocenters. The van der Waals surface area contributed by atoms with Crippen LogP contribution in [0.1, 0.15) is 33.6 Å². The standard InChI is InChI=1S/C13H27N3O2/c1-5-16(6-2)12(17)8-7-9-15-13(18)11(3)10-14-4/h11,14H,5-10H2,1-4H3,(H,15,18). The normalized spacial score (nSPS) is 12.0. The second-order valence-corrected chi connectivity index (χ2v) is 4.42. The van der Waals surface area contributed by atoms with Gasteiger partial charge in [0.1, 0.15) is 0 Å². The van der Waals surface area contributed by atoms with Crippen LogP contribution in [0.4, 0.5) is 0 Å². The third kappa shape index (κ3) is 6.59.